The van der Waals surface area contributed by atoms with E-state index in [1.807, 2.05) is 50.5 Å². The molecular formula is C17H19Cl2N3. The van der Waals surface area contributed by atoms with Gasteiger partial charge < -0.3 is 4.90 Å². The Bertz CT molecular complexity index is 619. The normalized spacial score (nSPS) is 11.8. The second-order valence-corrected chi connectivity index (χ2v) is 6.00. The molecule has 0 radical (unpaired) electrons. The summed E-state index contributed by atoms with van der Waals surface area (Å²) in [5.41, 5.74) is 5.68. The molecule has 2 aromatic carbocycles. The summed E-state index contributed by atoms with van der Waals surface area (Å²) in [5, 5.41) is 5.63. The fraction of sp³-hybridized carbons (Fsp3) is 0.235. The highest BCUT2D eigenvalue weighted by atomic mass is 35.5. The highest BCUT2D eigenvalue weighted by Crippen LogP contribution is 2.29. The van der Waals surface area contributed by atoms with Crippen molar-refractivity contribution >= 4 is 34.6 Å². The fourth-order valence-electron chi connectivity index (χ4n) is 1.95. The third-order valence-electron chi connectivity index (χ3n) is 3.17. The van der Waals surface area contributed by atoms with Crippen molar-refractivity contribution in [2.24, 2.45) is 5.10 Å². The first-order chi connectivity index (χ1) is 10.6. The van der Waals surface area contributed by atoms with Gasteiger partial charge >= 0.3 is 0 Å². The summed E-state index contributed by atoms with van der Waals surface area (Å²) in [4.78, 5) is 2.13. The first-order valence-corrected chi connectivity index (χ1v) is 7.80. The van der Waals surface area contributed by atoms with Crippen molar-refractivity contribution in [1.29, 1.82) is 0 Å². The van der Waals surface area contributed by atoms with Gasteiger partial charge in [0.1, 0.15) is 0 Å². The third-order valence-corrected chi connectivity index (χ3v) is 3.80. The standard InChI is InChI=1S/C17H19Cl2N3/c1-22(2)12-11-16(13-7-4-3-5-8-13)20-21-17-14(18)9-6-10-15(17)19/h3-10,21H,11-12H2,1-2H3/b20-16+. The van der Waals surface area contributed by atoms with Gasteiger partial charge in [-0.3, -0.25) is 5.43 Å². The van der Waals surface area contributed by atoms with Crippen LogP contribution in [-0.2, 0) is 0 Å². The minimum atomic E-state index is 0.552. The molecule has 0 bridgehead atoms. The Morgan fingerprint density at radius 3 is 2.23 bits per heavy atom. The number of hydrogen-bond acceptors (Lipinski definition) is 3. The molecule has 0 aliphatic rings. The molecule has 0 unspecified atom stereocenters. The van der Waals surface area contributed by atoms with Crippen LogP contribution >= 0.6 is 23.2 Å². The summed E-state index contributed by atoms with van der Waals surface area (Å²) in [6.45, 7) is 0.908. The number of nitrogens with one attached hydrogen (secondary N) is 1. The predicted octanol–water partition coefficient (Wildman–Crippen LogP) is 4.76. The maximum Gasteiger partial charge on any atom is 0.0934 e. The van der Waals surface area contributed by atoms with Crippen LogP contribution in [0.5, 0.6) is 0 Å². The Labute approximate surface area is 141 Å². The molecule has 0 spiro atoms. The second kappa shape index (κ2) is 8.18. The smallest absolute Gasteiger partial charge is 0.0934 e. The lowest BCUT2D eigenvalue weighted by molar-refractivity contribution is 0.422. The van der Waals surface area contributed by atoms with Crippen molar-refractivity contribution in [2.45, 2.75) is 6.42 Å². The van der Waals surface area contributed by atoms with E-state index in [9.17, 15) is 0 Å². The van der Waals surface area contributed by atoms with Crippen LogP contribution in [0.4, 0.5) is 5.69 Å². The van der Waals surface area contributed by atoms with Gasteiger partial charge in [-0.1, -0.05) is 59.6 Å². The van der Waals surface area contributed by atoms with Crippen LogP contribution in [0, 0.1) is 0 Å². The number of hydrazone groups is 1. The lowest BCUT2D eigenvalue weighted by Gasteiger charge is -2.13. The van der Waals surface area contributed by atoms with Crippen LogP contribution in [0.25, 0.3) is 0 Å². The molecule has 0 saturated carbocycles. The minimum Gasteiger partial charge on any atom is -0.309 e. The first-order valence-electron chi connectivity index (χ1n) is 7.04. The van der Waals surface area contributed by atoms with Gasteiger partial charge in [-0.15, -0.1) is 0 Å². The summed E-state index contributed by atoms with van der Waals surface area (Å²) >= 11 is 12.3. The van der Waals surface area contributed by atoms with Gasteiger partial charge in [-0.2, -0.15) is 5.10 Å². The number of hydrogen-bond donors (Lipinski definition) is 1. The van der Waals surface area contributed by atoms with Gasteiger partial charge in [0, 0.05) is 13.0 Å². The zero-order valence-corrected chi connectivity index (χ0v) is 14.2. The molecule has 0 amide bonds. The lowest BCUT2D eigenvalue weighted by atomic mass is 10.1. The van der Waals surface area contributed by atoms with E-state index in [0.717, 1.165) is 24.2 Å². The Balaban J connectivity index is 2.24. The monoisotopic (exact) mass is 335 g/mol. The number of halogens is 2. The van der Waals surface area contributed by atoms with Gasteiger partial charge in [0.15, 0.2) is 0 Å². The second-order valence-electron chi connectivity index (χ2n) is 5.19. The van der Waals surface area contributed by atoms with Crippen molar-refractivity contribution in [1.82, 2.24) is 4.90 Å². The molecular weight excluding hydrogens is 317 g/mol. The molecule has 0 heterocycles. The highest BCUT2D eigenvalue weighted by molar-refractivity contribution is 6.39. The molecule has 0 aliphatic carbocycles. The average molecular weight is 336 g/mol. The quantitative estimate of drug-likeness (QED) is 0.608. The number of para-hydroxylation sites is 1. The van der Waals surface area contributed by atoms with Gasteiger partial charge in [-0.05, 0) is 31.8 Å². The molecule has 22 heavy (non-hydrogen) atoms. The van der Waals surface area contributed by atoms with Crippen LogP contribution in [-0.4, -0.2) is 31.3 Å². The Morgan fingerprint density at radius 2 is 1.64 bits per heavy atom. The maximum absolute atomic E-state index is 6.16. The summed E-state index contributed by atoms with van der Waals surface area (Å²) in [6.07, 6.45) is 0.825. The Hall–Kier alpha value is -1.55. The summed E-state index contributed by atoms with van der Waals surface area (Å²) < 4.78 is 0. The molecule has 0 fully saturated rings. The van der Waals surface area contributed by atoms with E-state index >= 15 is 0 Å². The van der Waals surface area contributed by atoms with Crippen molar-refractivity contribution in [3.8, 4) is 0 Å². The van der Waals surface area contributed by atoms with Crippen molar-refractivity contribution in [2.75, 3.05) is 26.1 Å². The van der Waals surface area contributed by atoms with E-state index in [4.69, 9.17) is 23.2 Å². The Morgan fingerprint density at radius 1 is 1.00 bits per heavy atom. The molecule has 5 heteroatoms. The molecule has 2 aromatic rings. The van der Waals surface area contributed by atoms with E-state index in [0.29, 0.717) is 15.7 Å². The lowest BCUT2D eigenvalue weighted by Crippen LogP contribution is -2.18. The number of benzene rings is 2. The van der Waals surface area contributed by atoms with E-state index in [2.05, 4.69) is 15.4 Å². The molecule has 3 nitrogen and oxygen atoms in total. The van der Waals surface area contributed by atoms with Crippen LogP contribution < -0.4 is 5.43 Å². The van der Waals surface area contributed by atoms with Gasteiger partial charge in [-0.25, -0.2) is 0 Å². The predicted molar refractivity (Wildman–Crippen MR) is 96.2 cm³/mol. The SMILES string of the molecule is CN(C)CC/C(=N\Nc1c(Cl)cccc1Cl)c1ccccc1. The van der Waals surface area contributed by atoms with E-state index in [1.165, 1.54) is 0 Å². The molecule has 0 aromatic heterocycles. The van der Waals surface area contributed by atoms with Crippen LogP contribution in [0.3, 0.4) is 0 Å². The summed E-state index contributed by atoms with van der Waals surface area (Å²) in [7, 11) is 4.09. The zero-order chi connectivity index (χ0) is 15.9. The summed E-state index contributed by atoms with van der Waals surface area (Å²) in [5.74, 6) is 0. The minimum absolute atomic E-state index is 0.552. The molecule has 2 rings (SSSR count). The van der Waals surface area contributed by atoms with Crippen LogP contribution in [0.2, 0.25) is 10.0 Å². The van der Waals surface area contributed by atoms with Crippen LogP contribution in [0.1, 0.15) is 12.0 Å². The largest absolute Gasteiger partial charge is 0.309 e. The zero-order valence-electron chi connectivity index (χ0n) is 12.7. The third kappa shape index (κ3) is 4.73. The van der Waals surface area contributed by atoms with Crippen molar-refractivity contribution in [3.63, 3.8) is 0 Å². The van der Waals surface area contributed by atoms with E-state index in [-0.39, 0.29) is 0 Å². The fourth-order valence-corrected chi connectivity index (χ4v) is 2.43. The molecule has 116 valence electrons. The van der Waals surface area contributed by atoms with E-state index < -0.39 is 0 Å². The van der Waals surface area contributed by atoms with E-state index in [1.54, 1.807) is 12.1 Å². The number of anilines is 1. The van der Waals surface area contributed by atoms with Crippen molar-refractivity contribution < 1.29 is 0 Å². The van der Waals surface area contributed by atoms with Crippen molar-refractivity contribution in [3.05, 3.63) is 64.1 Å². The number of nitrogens with zero attached hydrogens (tertiary/aromatic N) is 2. The average Bonchev–Trinajstić information content (AvgIpc) is 2.50. The first kappa shape index (κ1) is 16.8. The van der Waals surface area contributed by atoms with Gasteiger partial charge in [0.05, 0.1) is 21.4 Å². The molecule has 0 aliphatic heterocycles. The molecule has 0 saturated heterocycles. The molecule has 1 N–H and O–H groups in total. The van der Waals surface area contributed by atoms with Gasteiger partial charge in [0.25, 0.3) is 0 Å². The Kier molecular flexibility index (Phi) is 6.25. The topological polar surface area (TPSA) is 27.6 Å². The van der Waals surface area contributed by atoms with Gasteiger partial charge in [0.2, 0.25) is 0 Å². The maximum atomic E-state index is 6.16. The van der Waals surface area contributed by atoms with Crippen LogP contribution in [0.15, 0.2) is 53.6 Å². The molecule has 0 atom stereocenters. The number of rotatable bonds is 6. The highest BCUT2D eigenvalue weighted by Gasteiger charge is 2.07. The summed E-state index contributed by atoms with van der Waals surface area (Å²) in [6, 6.07) is 15.5.